The molecule has 1 saturated heterocycles. The summed E-state index contributed by atoms with van der Waals surface area (Å²) >= 11 is 6.25. The van der Waals surface area contributed by atoms with Gasteiger partial charge in [0.25, 0.3) is 5.91 Å². The topological polar surface area (TPSA) is 57.7 Å². The van der Waals surface area contributed by atoms with Gasteiger partial charge in [0.05, 0.1) is 5.02 Å². The van der Waals surface area contributed by atoms with Crippen molar-refractivity contribution in [2.45, 2.75) is 31.1 Å². The van der Waals surface area contributed by atoms with Crippen molar-refractivity contribution < 1.29 is 13.2 Å². The van der Waals surface area contributed by atoms with Gasteiger partial charge < -0.3 is 4.90 Å². The number of hydrogen-bond acceptors (Lipinski definition) is 3. The molecule has 2 heterocycles. The molecule has 1 atom stereocenters. The fraction of sp³-hybridized carbons (Fsp3) is 0.381. The first-order chi connectivity index (χ1) is 13.4. The largest absolute Gasteiger partial charge is 0.308 e. The van der Waals surface area contributed by atoms with E-state index in [4.69, 9.17) is 11.6 Å². The fourth-order valence-corrected chi connectivity index (χ4v) is 6.14. The van der Waals surface area contributed by atoms with E-state index in [1.807, 2.05) is 31.2 Å². The van der Waals surface area contributed by atoms with Crippen molar-refractivity contribution in [1.29, 1.82) is 0 Å². The first-order valence-electron chi connectivity index (χ1n) is 9.57. The summed E-state index contributed by atoms with van der Waals surface area (Å²) < 4.78 is 27.8. The summed E-state index contributed by atoms with van der Waals surface area (Å²) in [6.07, 6.45) is 2.65. The number of carbonyl (C=O) groups is 1. The van der Waals surface area contributed by atoms with Crippen LogP contribution >= 0.6 is 11.6 Å². The molecule has 0 saturated carbocycles. The lowest BCUT2D eigenvalue weighted by Crippen LogP contribution is -2.39. The zero-order valence-electron chi connectivity index (χ0n) is 15.8. The van der Waals surface area contributed by atoms with Crippen LogP contribution in [0.3, 0.4) is 0 Å². The lowest BCUT2D eigenvalue weighted by atomic mass is 10.0. The second kappa shape index (κ2) is 7.50. The van der Waals surface area contributed by atoms with E-state index in [2.05, 4.69) is 0 Å². The molecular weight excluding hydrogens is 396 g/mol. The van der Waals surface area contributed by atoms with Gasteiger partial charge in [-0.15, -0.1) is 0 Å². The number of hydrogen-bond donors (Lipinski definition) is 0. The summed E-state index contributed by atoms with van der Waals surface area (Å²) in [5, 5.41) is 0.150. The molecular formula is C21H23ClN2O3S. The highest BCUT2D eigenvalue weighted by Crippen LogP contribution is 2.32. The standard InChI is InChI=1S/C21H23ClN2O3S/c1-15-5-4-11-23(14-15)28(26,27)20-13-17(8-9-18(20)22)21(25)24-12-10-16-6-2-3-7-19(16)24/h2-3,6-9,13,15H,4-5,10-12,14H2,1H3. The fourth-order valence-electron chi connectivity index (χ4n) is 4.04. The number of para-hydroxylation sites is 1. The molecule has 5 nitrogen and oxygen atoms in total. The van der Waals surface area contributed by atoms with Crippen LogP contribution in [0.2, 0.25) is 5.02 Å². The first kappa shape index (κ1) is 19.4. The van der Waals surface area contributed by atoms with E-state index in [1.54, 1.807) is 11.0 Å². The lowest BCUT2D eigenvalue weighted by molar-refractivity contribution is 0.0989. The Balaban J connectivity index is 1.67. The third-order valence-corrected chi connectivity index (χ3v) is 7.89. The average Bonchev–Trinajstić information content (AvgIpc) is 3.12. The van der Waals surface area contributed by atoms with Crippen LogP contribution in [0, 0.1) is 5.92 Å². The maximum atomic E-state index is 13.2. The Morgan fingerprint density at radius 1 is 1.14 bits per heavy atom. The van der Waals surface area contributed by atoms with Gasteiger partial charge in [0.15, 0.2) is 0 Å². The minimum atomic E-state index is -3.74. The van der Waals surface area contributed by atoms with Crippen molar-refractivity contribution in [3.63, 3.8) is 0 Å². The molecule has 2 aliphatic rings. The summed E-state index contributed by atoms with van der Waals surface area (Å²) in [6, 6.07) is 12.3. The number of fused-ring (bicyclic) bond motifs is 1. The monoisotopic (exact) mass is 418 g/mol. The molecule has 0 bridgehead atoms. The number of piperidine rings is 1. The van der Waals surface area contributed by atoms with Crippen molar-refractivity contribution >= 4 is 33.2 Å². The van der Waals surface area contributed by atoms with E-state index < -0.39 is 10.0 Å². The molecule has 4 rings (SSSR count). The van der Waals surface area contributed by atoms with Crippen LogP contribution in [-0.2, 0) is 16.4 Å². The van der Waals surface area contributed by atoms with Gasteiger partial charge in [-0.3, -0.25) is 4.79 Å². The average molecular weight is 419 g/mol. The highest BCUT2D eigenvalue weighted by molar-refractivity contribution is 7.89. The van der Waals surface area contributed by atoms with Crippen molar-refractivity contribution in [3.8, 4) is 0 Å². The third kappa shape index (κ3) is 3.45. The minimum absolute atomic E-state index is 0.0154. The quantitative estimate of drug-likeness (QED) is 0.757. The van der Waals surface area contributed by atoms with Crippen molar-refractivity contribution in [1.82, 2.24) is 4.31 Å². The van der Waals surface area contributed by atoms with Gasteiger partial charge in [-0.05, 0) is 55.0 Å². The van der Waals surface area contributed by atoms with Gasteiger partial charge in [-0.25, -0.2) is 8.42 Å². The summed E-state index contributed by atoms with van der Waals surface area (Å²) in [7, 11) is -3.74. The summed E-state index contributed by atoms with van der Waals surface area (Å²) in [5.74, 6) is 0.110. The number of amides is 1. The van der Waals surface area contributed by atoms with E-state index in [-0.39, 0.29) is 15.8 Å². The van der Waals surface area contributed by atoms with Crippen LogP contribution in [0.5, 0.6) is 0 Å². The minimum Gasteiger partial charge on any atom is -0.308 e. The molecule has 148 valence electrons. The molecule has 0 radical (unpaired) electrons. The number of sulfonamides is 1. The van der Waals surface area contributed by atoms with Gasteiger partial charge in [0.1, 0.15) is 4.90 Å². The number of carbonyl (C=O) groups excluding carboxylic acids is 1. The van der Waals surface area contributed by atoms with Gasteiger partial charge in [-0.1, -0.05) is 36.7 Å². The Labute approximate surface area is 171 Å². The maximum absolute atomic E-state index is 13.2. The van der Waals surface area contributed by atoms with Crippen LogP contribution in [0.1, 0.15) is 35.7 Å². The van der Waals surface area contributed by atoms with E-state index in [0.29, 0.717) is 31.1 Å². The number of anilines is 1. The SMILES string of the molecule is CC1CCCN(S(=O)(=O)c2cc(C(=O)N3CCc4ccccc43)ccc2Cl)C1. The van der Waals surface area contributed by atoms with E-state index in [9.17, 15) is 13.2 Å². The normalized spacial score (nSPS) is 20.2. The Bertz CT molecular complexity index is 1020. The predicted molar refractivity (Wildman–Crippen MR) is 110 cm³/mol. The highest BCUT2D eigenvalue weighted by Gasteiger charge is 2.32. The second-order valence-corrected chi connectivity index (χ2v) is 9.90. The number of benzene rings is 2. The third-order valence-electron chi connectivity index (χ3n) is 5.55. The Morgan fingerprint density at radius 2 is 1.93 bits per heavy atom. The molecule has 1 amide bonds. The first-order valence-corrected chi connectivity index (χ1v) is 11.4. The Morgan fingerprint density at radius 3 is 2.71 bits per heavy atom. The predicted octanol–water partition coefficient (Wildman–Crippen LogP) is 3.96. The lowest BCUT2D eigenvalue weighted by Gasteiger charge is -2.30. The van der Waals surface area contributed by atoms with Gasteiger partial charge in [0.2, 0.25) is 10.0 Å². The second-order valence-electron chi connectivity index (χ2n) is 7.59. The maximum Gasteiger partial charge on any atom is 0.258 e. The van der Waals surface area contributed by atoms with Crippen LogP contribution in [0.15, 0.2) is 47.4 Å². The highest BCUT2D eigenvalue weighted by atomic mass is 35.5. The van der Waals surface area contributed by atoms with Crippen molar-refractivity contribution in [2.75, 3.05) is 24.5 Å². The Kier molecular flexibility index (Phi) is 5.21. The molecule has 0 spiro atoms. The van der Waals surface area contributed by atoms with Crippen LogP contribution in [0.25, 0.3) is 0 Å². The van der Waals surface area contributed by atoms with Crippen molar-refractivity contribution in [2.24, 2.45) is 5.92 Å². The van der Waals surface area contributed by atoms with Gasteiger partial charge in [-0.2, -0.15) is 4.31 Å². The molecule has 2 aromatic carbocycles. The van der Waals surface area contributed by atoms with Crippen molar-refractivity contribution in [3.05, 3.63) is 58.6 Å². The zero-order valence-corrected chi connectivity index (χ0v) is 17.3. The molecule has 0 aromatic heterocycles. The zero-order chi connectivity index (χ0) is 19.9. The van der Waals surface area contributed by atoms with Crippen LogP contribution in [0.4, 0.5) is 5.69 Å². The Hall–Kier alpha value is -1.89. The van der Waals surface area contributed by atoms with Gasteiger partial charge >= 0.3 is 0 Å². The smallest absolute Gasteiger partial charge is 0.258 e. The molecule has 28 heavy (non-hydrogen) atoms. The summed E-state index contributed by atoms with van der Waals surface area (Å²) in [6.45, 7) is 3.61. The van der Waals surface area contributed by atoms with E-state index in [0.717, 1.165) is 30.5 Å². The molecule has 2 aliphatic heterocycles. The molecule has 1 unspecified atom stereocenters. The molecule has 7 heteroatoms. The number of rotatable bonds is 3. The molecule has 0 N–H and O–H groups in total. The van der Waals surface area contributed by atoms with E-state index >= 15 is 0 Å². The molecule has 0 aliphatic carbocycles. The summed E-state index contributed by atoms with van der Waals surface area (Å²) in [5.41, 5.74) is 2.35. The van der Waals surface area contributed by atoms with Crippen LogP contribution in [-0.4, -0.2) is 38.3 Å². The summed E-state index contributed by atoms with van der Waals surface area (Å²) in [4.78, 5) is 14.8. The number of halogens is 1. The molecule has 2 aromatic rings. The van der Waals surface area contributed by atoms with Gasteiger partial charge in [0, 0.05) is 30.9 Å². The van der Waals surface area contributed by atoms with Crippen LogP contribution < -0.4 is 4.90 Å². The number of nitrogens with zero attached hydrogens (tertiary/aromatic N) is 2. The van der Waals surface area contributed by atoms with E-state index in [1.165, 1.54) is 16.4 Å². The molecule has 1 fully saturated rings.